The summed E-state index contributed by atoms with van der Waals surface area (Å²) in [6, 6.07) is 3.90. The van der Waals surface area contributed by atoms with Gasteiger partial charge in [0.1, 0.15) is 11.4 Å². The Morgan fingerprint density at radius 1 is 1.32 bits per heavy atom. The number of piperidine rings is 2. The number of hydrogen-bond acceptors (Lipinski definition) is 3. The molecule has 1 N–H and O–H groups in total. The normalized spacial score (nSPS) is 35.4. The third-order valence-electron chi connectivity index (χ3n) is 4.87. The molecule has 0 aliphatic carbocycles. The lowest BCUT2D eigenvalue weighted by atomic mass is 9.74. The van der Waals surface area contributed by atoms with E-state index in [1.54, 1.807) is 13.0 Å². The van der Waals surface area contributed by atoms with Gasteiger partial charge in [-0.2, -0.15) is 0 Å². The van der Waals surface area contributed by atoms with Crippen LogP contribution in [0, 0.1) is 12.7 Å². The lowest BCUT2D eigenvalue weighted by Crippen LogP contribution is -2.55. The SMILES string of the molecule is Cc1nc(C2(O)CC3CCCC(C2)N3C)ccc1F. The molecule has 0 aromatic carbocycles. The minimum Gasteiger partial charge on any atom is -0.383 e. The fourth-order valence-electron chi connectivity index (χ4n) is 3.66. The monoisotopic (exact) mass is 264 g/mol. The van der Waals surface area contributed by atoms with Gasteiger partial charge in [0.05, 0.1) is 11.4 Å². The zero-order chi connectivity index (χ0) is 13.6. The van der Waals surface area contributed by atoms with E-state index >= 15 is 0 Å². The van der Waals surface area contributed by atoms with Gasteiger partial charge in [-0.3, -0.25) is 4.98 Å². The molecule has 2 atom stereocenters. The number of aliphatic hydroxyl groups is 1. The lowest BCUT2D eigenvalue weighted by molar-refractivity contribution is -0.0899. The number of pyridine rings is 1. The first-order valence-electron chi connectivity index (χ1n) is 7.07. The molecule has 0 radical (unpaired) electrons. The van der Waals surface area contributed by atoms with Crippen LogP contribution in [0.3, 0.4) is 0 Å². The summed E-state index contributed by atoms with van der Waals surface area (Å²) in [4.78, 5) is 6.67. The molecule has 2 aliphatic heterocycles. The number of nitrogens with zero attached hydrogens (tertiary/aromatic N) is 2. The second-order valence-corrected chi connectivity index (χ2v) is 6.11. The van der Waals surface area contributed by atoms with Gasteiger partial charge in [0, 0.05) is 12.1 Å². The Labute approximate surface area is 113 Å². The highest BCUT2D eigenvalue weighted by atomic mass is 19.1. The molecule has 104 valence electrons. The molecule has 4 heteroatoms. The average Bonchev–Trinajstić information content (AvgIpc) is 2.35. The van der Waals surface area contributed by atoms with Gasteiger partial charge in [-0.15, -0.1) is 0 Å². The van der Waals surface area contributed by atoms with Gasteiger partial charge < -0.3 is 10.0 Å². The van der Waals surface area contributed by atoms with E-state index in [1.807, 2.05) is 0 Å². The molecule has 3 nitrogen and oxygen atoms in total. The minimum atomic E-state index is -0.888. The second-order valence-electron chi connectivity index (χ2n) is 6.11. The molecule has 0 amide bonds. The highest BCUT2D eigenvalue weighted by Crippen LogP contribution is 2.42. The van der Waals surface area contributed by atoms with E-state index in [9.17, 15) is 9.50 Å². The van der Waals surface area contributed by atoms with Gasteiger partial charge in [-0.1, -0.05) is 6.42 Å². The Balaban J connectivity index is 1.92. The minimum absolute atomic E-state index is 0.305. The molecule has 3 heterocycles. The van der Waals surface area contributed by atoms with Crippen LogP contribution in [0.2, 0.25) is 0 Å². The van der Waals surface area contributed by atoms with Crippen LogP contribution in [-0.4, -0.2) is 34.1 Å². The molecule has 1 aromatic heterocycles. The summed E-state index contributed by atoms with van der Waals surface area (Å²) in [7, 11) is 2.15. The van der Waals surface area contributed by atoms with Crippen LogP contribution in [-0.2, 0) is 5.60 Å². The van der Waals surface area contributed by atoms with Crippen LogP contribution in [0.15, 0.2) is 12.1 Å². The van der Waals surface area contributed by atoms with Gasteiger partial charge >= 0.3 is 0 Å². The third-order valence-corrected chi connectivity index (χ3v) is 4.87. The van der Waals surface area contributed by atoms with Crippen LogP contribution in [0.5, 0.6) is 0 Å². The summed E-state index contributed by atoms with van der Waals surface area (Å²) >= 11 is 0. The molecule has 2 aliphatic rings. The lowest BCUT2D eigenvalue weighted by Gasteiger charge is -2.50. The maximum Gasteiger partial charge on any atom is 0.144 e. The Hall–Kier alpha value is -1.00. The summed E-state index contributed by atoms with van der Waals surface area (Å²) in [5.74, 6) is -0.305. The largest absolute Gasteiger partial charge is 0.383 e. The van der Waals surface area contributed by atoms with Crippen molar-refractivity contribution in [2.45, 2.75) is 56.7 Å². The van der Waals surface area contributed by atoms with E-state index < -0.39 is 5.60 Å². The van der Waals surface area contributed by atoms with Gasteiger partial charge in [-0.05, 0) is 51.8 Å². The summed E-state index contributed by atoms with van der Waals surface area (Å²) < 4.78 is 13.3. The van der Waals surface area contributed by atoms with Crippen molar-refractivity contribution in [3.8, 4) is 0 Å². The Bertz CT molecular complexity index is 477. The zero-order valence-electron chi connectivity index (χ0n) is 11.6. The summed E-state index contributed by atoms with van der Waals surface area (Å²) in [6.07, 6.45) is 4.92. The number of rotatable bonds is 1. The maximum atomic E-state index is 13.3. The first-order valence-corrected chi connectivity index (χ1v) is 7.07. The maximum absolute atomic E-state index is 13.3. The number of aromatic nitrogens is 1. The van der Waals surface area contributed by atoms with E-state index in [2.05, 4.69) is 16.9 Å². The predicted molar refractivity (Wildman–Crippen MR) is 71.3 cm³/mol. The molecule has 0 saturated carbocycles. The molecule has 2 unspecified atom stereocenters. The molecular formula is C15H21FN2O. The summed E-state index contributed by atoms with van der Waals surface area (Å²) in [5.41, 5.74) is 0.118. The summed E-state index contributed by atoms with van der Waals surface area (Å²) in [5, 5.41) is 11.0. The van der Waals surface area contributed by atoms with Crippen LogP contribution in [0.1, 0.15) is 43.5 Å². The van der Waals surface area contributed by atoms with E-state index in [0.717, 1.165) is 12.8 Å². The van der Waals surface area contributed by atoms with Crippen LogP contribution in [0.4, 0.5) is 4.39 Å². The quantitative estimate of drug-likeness (QED) is 0.846. The standard InChI is InChI=1S/C15H21FN2O/c1-10-13(16)6-7-14(17-10)15(19)8-11-4-3-5-12(9-15)18(11)2/h6-7,11-12,19H,3-5,8-9H2,1-2H3. The first-order chi connectivity index (χ1) is 8.99. The molecule has 3 rings (SSSR count). The summed E-state index contributed by atoms with van der Waals surface area (Å²) in [6.45, 7) is 1.65. The Morgan fingerprint density at radius 2 is 1.95 bits per heavy atom. The van der Waals surface area contributed by atoms with E-state index in [0.29, 0.717) is 36.3 Å². The van der Waals surface area contributed by atoms with Gasteiger partial charge in [0.2, 0.25) is 0 Å². The van der Waals surface area contributed by atoms with Crippen molar-refractivity contribution in [2.24, 2.45) is 0 Å². The molecule has 1 aromatic rings. The average molecular weight is 264 g/mol. The highest BCUT2D eigenvalue weighted by molar-refractivity contribution is 5.20. The van der Waals surface area contributed by atoms with E-state index in [-0.39, 0.29) is 5.82 Å². The van der Waals surface area contributed by atoms with Crippen molar-refractivity contribution in [2.75, 3.05) is 7.05 Å². The molecule has 0 spiro atoms. The van der Waals surface area contributed by atoms with Crippen molar-refractivity contribution >= 4 is 0 Å². The smallest absolute Gasteiger partial charge is 0.144 e. The molecule has 19 heavy (non-hydrogen) atoms. The van der Waals surface area contributed by atoms with Crippen molar-refractivity contribution < 1.29 is 9.50 Å². The molecule has 2 saturated heterocycles. The number of hydrogen-bond donors (Lipinski definition) is 1. The highest BCUT2D eigenvalue weighted by Gasteiger charge is 2.45. The van der Waals surface area contributed by atoms with Gasteiger partial charge in [0.15, 0.2) is 0 Å². The third kappa shape index (κ3) is 2.17. The van der Waals surface area contributed by atoms with E-state index in [1.165, 1.54) is 12.5 Å². The van der Waals surface area contributed by atoms with Gasteiger partial charge in [0.25, 0.3) is 0 Å². The van der Waals surface area contributed by atoms with Crippen LogP contribution >= 0.6 is 0 Å². The molecule has 2 bridgehead atoms. The molecule has 2 fully saturated rings. The van der Waals surface area contributed by atoms with Crippen LogP contribution < -0.4 is 0 Å². The van der Waals surface area contributed by atoms with Crippen molar-refractivity contribution in [1.82, 2.24) is 9.88 Å². The molecular weight excluding hydrogens is 243 g/mol. The fourth-order valence-corrected chi connectivity index (χ4v) is 3.66. The van der Waals surface area contributed by atoms with E-state index in [4.69, 9.17) is 0 Å². The topological polar surface area (TPSA) is 36.4 Å². The van der Waals surface area contributed by atoms with Crippen molar-refractivity contribution in [3.63, 3.8) is 0 Å². The number of halogens is 1. The van der Waals surface area contributed by atoms with Crippen molar-refractivity contribution in [3.05, 3.63) is 29.3 Å². The second kappa shape index (κ2) is 4.53. The Kier molecular flexibility index (Phi) is 3.10. The number of aryl methyl sites for hydroxylation is 1. The zero-order valence-corrected chi connectivity index (χ0v) is 11.6. The van der Waals surface area contributed by atoms with Crippen molar-refractivity contribution in [1.29, 1.82) is 0 Å². The predicted octanol–water partition coefficient (Wildman–Crippen LogP) is 2.36. The van der Waals surface area contributed by atoms with Gasteiger partial charge in [-0.25, -0.2) is 4.39 Å². The van der Waals surface area contributed by atoms with Crippen LogP contribution in [0.25, 0.3) is 0 Å². The fraction of sp³-hybridized carbons (Fsp3) is 0.667. The first kappa shape index (κ1) is 13.0. The Morgan fingerprint density at radius 3 is 2.53 bits per heavy atom. The number of fused-ring (bicyclic) bond motifs is 2.